The summed E-state index contributed by atoms with van der Waals surface area (Å²) in [7, 11) is 1.59. The van der Waals surface area contributed by atoms with Gasteiger partial charge in [-0.15, -0.1) is 0 Å². The first-order valence-electron chi connectivity index (χ1n) is 7.76. The standard InChI is InChI=1S/C21H21NO2/c1-21(2,3)18-9-7-16(8-10-18)20(23)17(14-22)13-15-5-11-19(24-4)12-6-15/h5-13H,1-4H3/b17-13+. The molecule has 2 aromatic rings. The molecular weight excluding hydrogens is 298 g/mol. The molecule has 0 fully saturated rings. The van der Waals surface area contributed by atoms with Crippen molar-refractivity contribution in [2.45, 2.75) is 26.2 Å². The average Bonchev–Trinajstić information content (AvgIpc) is 2.59. The van der Waals surface area contributed by atoms with Crippen LogP contribution in [0.1, 0.15) is 42.3 Å². The van der Waals surface area contributed by atoms with Crippen LogP contribution >= 0.6 is 0 Å². The highest BCUT2D eigenvalue weighted by Gasteiger charge is 2.16. The number of ketones is 1. The van der Waals surface area contributed by atoms with E-state index in [-0.39, 0.29) is 16.8 Å². The van der Waals surface area contributed by atoms with Crippen molar-refractivity contribution in [3.05, 3.63) is 70.8 Å². The lowest BCUT2D eigenvalue weighted by Gasteiger charge is -2.18. The molecule has 3 heteroatoms. The third kappa shape index (κ3) is 4.11. The minimum atomic E-state index is -0.270. The Bertz CT molecular complexity index is 786. The van der Waals surface area contributed by atoms with Crippen molar-refractivity contribution in [1.82, 2.24) is 0 Å². The second-order valence-electron chi connectivity index (χ2n) is 6.60. The van der Waals surface area contributed by atoms with Gasteiger partial charge in [0.2, 0.25) is 5.78 Å². The molecule has 0 N–H and O–H groups in total. The van der Waals surface area contributed by atoms with Gasteiger partial charge in [-0.25, -0.2) is 0 Å². The van der Waals surface area contributed by atoms with Crippen LogP contribution in [0.3, 0.4) is 0 Å². The average molecular weight is 319 g/mol. The van der Waals surface area contributed by atoms with Gasteiger partial charge in [-0.3, -0.25) is 4.79 Å². The van der Waals surface area contributed by atoms with E-state index in [4.69, 9.17) is 4.74 Å². The number of methoxy groups -OCH3 is 1. The largest absolute Gasteiger partial charge is 0.497 e. The van der Waals surface area contributed by atoms with Crippen LogP contribution < -0.4 is 4.74 Å². The predicted octanol–water partition coefficient (Wildman–Crippen LogP) is 4.78. The van der Waals surface area contributed by atoms with Crippen LogP contribution in [0.4, 0.5) is 0 Å². The number of benzene rings is 2. The molecule has 0 aromatic heterocycles. The van der Waals surface area contributed by atoms with E-state index in [0.29, 0.717) is 5.56 Å². The Morgan fingerprint density at radius 1 is 1.04 bits per heavy atom. The lowest BCUT2D eigenvalue weighted by atomic mass is 9.86. The first-order valence-corrected chi connectivity index (χ1v) is 7.76. The van der Waals surface area contributed by atoms with Gasteiger partial charge >= 0.3 is 0 Å². The summed E-state index contributed by atoms with van der Waals surface area (Å²) in [5.41, 5.74) is 2.59. The predicted molar refractivity (Wildman–Crippen MR) is 96.1 cm³/mol. The SMILES string of the molecule is COc1ccc(/C=C(\C#N)C(=O)c2ccc(C(C)(C)C)cc2)cc1. The van der Waals surface area contributed by atoms with E-state index in [1.807, 2.05) is 30.3 Å². The van der Waals surface area contributed by atoms with Crippen molar-refractivity contribution < 1.29 is 9.53 Å². The smallest absolute Gasteiger partial charge is 0.203 e. The zero-order valence-electron chi connectivity index (χ0n) is 14.5. The van der Waals surface area contributed by atoms with Gasteiger partial charge in [0, 0.05) is 5.56 Å². The first kappa shape index (κ1) is 17.5. The van der Waals surface area contributed by atoms with Gasteiger partial charge in [0.05, 0.1) is 7.11 Å². The highest BCUT2D eigenvalue weighted by molar-refractivity contribution is 6.14. The number of carbonyl (C=O) groups excluding carboxylic acids is 1. The maximum atomic E-state index is 12.5. The molecule has 0 bridgehead atoms. The molecule has 0 spiro atoms. The van der Waals surface area contributed by atoms with Gasteiger partial charge in [0.1, 0.15) is 17.4 Å². The Balaban J connectivity index is 2.28. The summed E-state index contributed by atoms with van der Waals surface area (Å²) in [6, 6.07) is 16.7. The van der Waals surface area contributed by atoms with Crippen molar-refractivity contribution in [3.63, 3.8) is 0 Å². The topological polar surface area (TPSA) is 50.1 Å². The highest BCUT2D eigenvalue weighted by Crippen LogP contribution is 2.23. The third-order valence-corrected chi connectivity index (χ3v) is 3.80. The molecule has 122 valence electrons. The minimum absolute atomic E-state index is 0.0264. The fourth-order valence-corrected chi connectivity index (χ4v) is 2.29. The zero-order valence-corrected chi connectivity index (χ0v) is 14.5. The molecule has 0 radical (unpaired) electrons. The van der Waals surface area contributed by atoms with E-state index in [0.717, 1.165) is 16.9 Å². The quantitative estimate of drug-likeness (QED) is 0.463. The molecule has 2 aromatic carbocycles. The summed E-state index contributed by atoms with van der Waals surface area (Å²) in [5, 5.41) is 9.34. The Morgan fingerprint density at radius 3 is 2.08 bits per heavy atom. The number of nitrogens with zero attached hydrogens (tertiary/aromatic N) is 1. The van der Waals surface area contributed by atoms with Crippen molar-refractivity contribution in [3.8, 4) is 11.8 Å². The molecule has 2 rings (SSSR count). The van der Waals surface area contributed by atoms with Crippen LogP contribution in [0.25, 0.3) is 6.08 Å². The first-order chi connectivity index (χ1) is 11.3. The molecule has 0 aliphatic rings. The van der Waals surface area contributed by atoms with E-state index in [1.54, 1.807) is 37.5 Å². The lowest BCUT2D eigenvalue weighted by molar-refractivity contribution is 0.104. The fraction of sp³-hybridized carbons (Fsp3) is 0.238. The van der Waals surface area contributed by atoms with Crippen molar-refractivity contribution in [1.29, 1.82) is 5.26 Å². The molecule has 0 saturated carbocycles. The van der Waals surface area contributed by atoms with Crippen molar-refractivity contribution in [2.24, 2.45) is 0 Å². The molecule has 0 aliphatic carbocycles. The Labute approximate surface area is 143 Å². The molecule has 3 nitrogen and oxygen atoms in total. The summed E-state index contributed by atoms with van der Waals surface area (Å²) in [6.45, 7) is 6.36. The van der Waals surface area contributed by atoms with Crippen LogP contribution in [0.15, 0.2) is 54.1 Å². The van der Waals surface area contributed by atoms with E-state index in [2.05, 4.69) is 20.8 Å². The van der Waals surface area contributed by atoms with Gasteiger partial charge in [-0.2, -0.15) is 5.26 Å². The second-order valence-corrected chi connectivity index (χ2v) is 6.60. The van der Waals surface area contributed by atoms with Gasteiger partial charge in [-0.1, -0.05) is 57.2 Å². The molecule has 0 amide bonds. The molecule has 0 atom stereocenters. The van der Waals surface area contributed by atoms with Crippen LogP contribution in [-0.4, -0.2) is 12.9 Å². The number of ether oxygens (including phenoxy) is 1. The van der Waals surface area contributed by atoms with Gasteiger partial charge in [0.15, 0.2) is 0 Å². The van der Waals surface area contributed by atoms with Crippen LogP contribution in [0.5, 0.6) is 5.75 Å². The highest BCUT2D eigenvalue weighted by atomic mass is 16.5. The summed E-state index contributed by atoms with van der Waals surface area (Å²) < 4.78 is 5.10. The summed E-state index contributed by atoms with van der Waals surface area (Å²) >= 11 is 0. The third-order valence-electron chi connectivity index (χ3n) is 3.80. The number of rotatable bonds is 4. The summed E-state index contributed by atoms with van der Waals surface area (Å²) in [5.74, 6) is 0.462. The Morgan fingerprint density at radius 2 is 1.62 bits per heavy atom. The molecule has 0 aliphatic heterocycles. The van der Waals surface area contributed by atoms with Crippen LogP contribution in [0, 0.1) is 11.3 Å². The molecule has 0 unspecified atom stereocenters. The van der Waals surface area contributed by atoms with Crippen molar-refractivity contribution >= 4 is 11.9 Å². The van der Waals surface area contributed by atoms with Crippen LogP contribution in [0.2, 0.25) is 0 Å². The number of allylic oxidation sites excluding steroid dienone is 1. The number of carbonyl (C=O) groups is 1. The maximum absolute atomic E-state index is 12.5. The summed E-state index contributed by atoms with van der Waals surface area (Å²) in [6.07, 6.45) is 1.60. The normalized spacial score (nSPS) is 11.7. The van der Waals surface area contributed by atoms with Gasteiger partial charge in [-0.05, 0) is 34.8 Å². The van der Waals surface area contributed by atoms with E-state index in [1.165, 1.54) is 0 Å². The number of hydrogen-bond donors (Lipinski definition) is 0. The molecule has 0 saturated heterocycles. The second kappa shape index (κ2) is 7.14. The lowest BCUT2D eigenvalue weighted by Crippen LogP contribution is -2.11. The van der Waals surface area contributed by atoms with E-state index >= 15 is 0 Å². The number of hydrogen-bond acceptors (Lipinski definition) is 3. The Hall–Kier alpha value is -2.86. The van der Waals surface area contributed by atoms with Gasteiger partial charge < -0.3 is 4.74 Å². The van der Waals surface area contributed by atoms with Crippen LogP contribution in [-0.2, 0) is 5.41 Å². The Kier molecular flexibility index (Phi) is 5.21. The molecule has 24 heavy (non-hydrogen) atoms. The fourth-order valence-electron chi connectivity index (χ4n) is 2.29. The maximum Gasteiger partial charge on any atom is 0.203 e. The number of Topliss-reactive ketones (excluding diaryl/α,β-unsaturated/α-hetero) is 1. The zero-order chi connectivity index (χ0) is 17.7. The van der Waals surface area contributed by atoms with Gasteiger partial charge in [0.25, 0.3) is 0 Å². The molecular formula is C21H21NO2. The monoisotopic (exact) mass is 319 g/mol. The number of nitriles is 1. The molecule has 0 heterocycles. The van der Waals surface area contributed by atoms with E-state index < -0.39 is 0 Å². The minimum Gasteiger partial charge on any atom is -0.497 e. The van der Waals surface area contributed by atoms with E-state index in [9.17, 15) is 10.1 Å². The summed E-state index contributed by atoms with van der Waals surface area (Å²) in [4.78, 5) is 12.5. The van der Waals surface area contributed by atoms with Crippen molar-refractivity contribution in [2.75, 3.05) is 7.11 Å².